The van der Waals surface area contributed by atoms with E-state index in [4.69, 9.17) is 19.9 Å². The third-order valence-electron chi connectivity index (χ3n) is 3.55. The van der Waals surface area contributed by atoms with Crippen molar-refractivity contribution >= 4 is 23.6 Å². The van der Waals surface area contributed by atoms with Gasteiger partial charge in [-0.3, -0.25) is 9.59 Å². The summed E-state index contributed by atoms with van der Waals surface area (Å²) in [6, 6.07) is 9.75. The van der Waals surface area contributed by atoms with Crippen LogP contribution in [-0.4, -0.2) is 33.1 Å². The number of amides is 2. The molecule has 7 nitrogen and oxygen atoms in total. The zero-order valence-corrected chi connectivity index (χ0v) is 14.7. The first-order valence-electron chi connectivity index (χ1n) is 7.67. The fourth-order valence-corrected chi connectivity index (χ4v) is 2.27. The maximum atomic E-state index is 12.1. The lowest BCUT2D eigenvalue weighted by atomic mass is 10.1. The number of primary amides is 1. The molecule has 0 radical (unpaired) electrons. The van der Waals surface area contributed by atoms with Gasteiger partial charge in [0.15, 0.2) is 11.5 Å². The summed E-state index contributed by atoms with van der Waals surface area (Å²) in [6.45, 7) is 0. The average molecular weight is 356 g/mol. The van der Waals surface area contributed by atoms with E-state index >= 15 is 0 Å². The highest BCUT2D eigenvalue weighted by Gasteiger charge is 2.12. The van der Waals surface area contributed by atoms with Gasteiger partial charge in [-0.05, 0) is 48.0 Å². The number of nitrogens with two attached hydrogens (primary N) is 1. The SMILES string of the molecule is COc1cc(C=CC(=O)Nc2ccc(C(N)=O)cc2)cc(OC)c1OC. The van der Waals surface area contributed by atoms with E-state index in [1.807, 2.05) is 0 Å². The smallest absolute Gasteiger partial charge is 0.248 e. The highest BCUT2D eigenvalue weighted by atomic mass is 16.5. The lowest BCUT2D eigenvalue weighted by Gasteiger charge is -2.12. The molecule has 0 spiro atoms. The molecular weight excluding hydrogens is 336 g/mol. The number of anilines is 1. The van der Waals surface area contributed by atoms with Crippen LogP contribution < -0.4 is 25.3 Å². The summed E-state index contributed by atoms with van der Waals surface area (Å²) in [6.07, 6.45) is 3.00. The van der Waals surface area contributed by atoms with Crippen LogP contribution in [0.5, 0.6) is 17.2 Å². The molecule has 0 heterocycles. The summed E-state index contributed by atoms with van der Waals surface area (Å²) in [5.41, 5.74) is 6.81. The van der Waals surface area contributed by atoms with Crippen LogP contribution in [-0.2, 0) is 4.79 Å². The Bertz CT molecular complexity index is 803. The Morgan fingerprint density at radius 2 is 1.54 bits per heavy atom. The Kier molecular flexibility index (Phi) is 6.21. The highest BCUT2D eigenvalue weighted by molar-refractivity contribution is 6.02. The molecule has 0 aromatic heterocycles. The van der Waals surface area contributed by atoms with Crippen LogP contribution in [0.25, 0.3) is 6.08 Å². The Morgan fingerprint density at radius 1 is 0.962 bits per heavy atom. The summed E-state index contributed by atoms with van der Waals surface area (Å²) >= 11 is 0. The molecule has 26 heavy (non-hydrogen) atoms. The molecule has 0 aliphatic carbocycles. The first-order valence-corrected chi connectivity index (χ1v) is 7.67. The molecule has 0 saturated carbocycles. The molecule has 0 saturated heterocycles. The predicted octanol–water partition coefficient (Wildman–Crippen LogP) is 2.46. The standard InChI is InChI=1S/C19H20N2O5/c1-24-15-10-12(11-16(25-2)18(15)26-3)4-9-17(22)21-14-7-5-13(6-8-14)19(20)23/h4-11H,1-3H3,(H2,20,23)(H,21,22). The van der Waals surface area contributed by atoms with Crippen molar-refractivity contribution in [3.63, 3.8) is 0 Å². The molecule has 0 bridgehead atoms. The van der Waals surface area contributed by atoms with Gasteiger partial charge in [0.05, 0.1) is 21.3 Å². The van der Waals surface area contributed by atoms with E-state index in [1.54, 1.807) is 42.5 Å². The Labute approximate surface area is 151 Å². The Balaban J connectivity index is 2.13. The van der Waals surface area contributed by atoms with E-state index in [9.17, 15) is 9.59 Å². The molecule has 2 aromatic carbocycles. The quantitative estimate of drug-likeness (QED) is 0.742. The number of nitrogens with one attached hydrogen (secondary N) is 1. The Morgan fingerprint density at radius 3 is 2.00 bits per heavy atom. The van der Waals surface area contributed by atoms with Crippen molar-refractivity contribution in [2.24, 2.45) is 5.73 Å². The molecular formula is C19H20N2O5. The highest BCUT2D eigenvalue weighted by Crippen LogP contribution is 2.38. The van der Waals surface area contributed by atoms with Gasteiger partial charge in [0.25, 0.3) is 0 Å². The fraction of sp³-hybridized carbons (Fsp3) is 0.158. The minimum atomic E-state index is -0.523. The largest absolute Gasteiger partial charge is 0.493 e. The van der Waals surface area contributed by atoms with Crippen molar-refractivity contribution in [2.45, 2.75) is 0 Å². The third-order valence-corrected chi connectivity index (χ3v) is 3.55. The summed E-state index contributed by atoms with van der Waals surface area (Å²) in [7, 11) is 4.56. The minimum Gasteiger partial charge on any atom is -0.493 e. The number of carbonyl (C=O) groups is 2. The number of benzene rings is 2. The van der Waals surface area contributed by atoms with Gasteiger partial charge in [0, 0.05) is 17.3 Å². The normalized spacial score (nSPS) is 10.4. The third kappa shape index (κ3) is 4.54. The van der Waals surface area contributed by atoms with Gasteiger partial charge in [-0.15, -0.1) is 0 Å². The zero-order valence-electron chi connectivity index (χ0n) is 14.7. The number of hydrogen-bond donors (Lipinski definition) is 2. The van der Waals surface area contributed by atoms with Gasteiger partial charge < -0.3 is 25.3 Å². The second-order valence-electron chi connectivity index (χ2n) is 5.22. The fourth-order valence-electron chi connectivity index (χ4n) is 2.27. The minimum absolute atomic E-state index is 0.328. The molecule has 0 unspecified atom stereocenters. The second kappa shape index (κ2) is 8.57. The molecule has 3 N–H and O–H groups in total. The van der Waals surface area contributed by atoms with E-state index in [-0.39, 0.29) is 5.91 Å². The van der Waals surface area contributed by atoms with Crippen molar-refractivity contribution in [3.05, 3.63) is 53.6 Å². The predicted molar refractivity (Wildman–Crippen MR) is 98.7 cm³/mol. The maximum Gasteiger partial charge on any atom is 0.248 e. The molecule has 0 atom stereocenters. The van der Waals surface area contributed by atoms with Gasteiger partial charge in [-0.25, -0.2) is 0 Å². The number of rotatable bonds is 7. The Hall–Kier alpha value is -3.48. The second-order valence-corrected chi connectivity index (χ2v) is 5.22. The monoisotopic (exact) mass is 356 g/mol. The van der Waals surface area contributed by atoms with Gasteiger partial charge in [0.1, 0.15) is 0 Å². The maximum absolute atomic E-state index is 12.1. The molecule has 7 heteroatoms. The lowest BCUT2D eigenvalue weighted by Crippen LogP contribution is -2.11. The topological polar surface area (TPSA) is 99.9 Å². The van der Waals surface area contributed by atoms with E-state index in [1.165, 1.54) is 27.4 Å². The number of methoxy groups -OCH3 is 3. The molecule has 0 aliphatic heterocycles. The van der Waals surface area contributed by atoms with Crippen LogP contribution in [0.4, 0.5) is 5.69 Å². The summed E-state index contributed by atoms with van der Waals surface area (Å²) in [5.74, 6) is 0.616. The first kappa shape index (κ1) is 18.9. The van der Waals surface area contributed by atoms with Crippen LogP contribution in [0, 0.1) is 0 Å². The van der Waals surface area contributed by atoms with Crippen molar-refractivity contribution in [2.75, 3.05) is 26.6 Å². The van der Waals surface area contributed by atoms with Crippen LogP contribution in [0.15, 0.2) is 42.5 Å². The molecule has 2 aromatic rings. The molecule has 2 rings (SSSR count). The van der Waals surface area contributed by atoms with Crippen LogP contribution in [0.1, 0.15) is 15.9 Å². The lowest BCUT2D eigenvalue weighted by molar-refractivity contribution is -0.111. The number of ether oxygens (including phenoxy) is 3. The van der Waals surface area contributed by atoms with Crippen LogP contribution >= 0.6 is 0 Å². The molecule has 0 aliphatic rings. The van der Waals surface area contributed by atoms with Crippen molar-refractivity contribution in [1.82, 2.24) is 0 Å². The van der Waals surface area contributed by atoms with Gasteiger partial charge in [-0.2, -0.15) is 0 Å². The van der Waals surface area contributed by atoms with Gasteiger partial charge in [-0.1, -0.05) is 0 Å². The van der Waals surface area contributed by atoms with E-state index in [0.717, 1.165) is 0 Å². The first-order chi connectivity index (χ1) is 12.5. The van der Waals surface area contributed by atoms with Crippen LogP contribution in [0.3, 0.4) is 0 Å². The van der Waals surface area contributed by atoms with Gasteiger partial charge >= 0.3 is 0 Å². The van der Waals surface area contributed by atoms with Crippen LogP contribution in [0.2, 0.25) is 0 Å². The molecule has 0 fully saturated rings. The molecule has 136 valence electrons. The van der Waals surface area contributed by atoms with Crippen molar-refractivity contribution in [1.29, 1.82) is 0 Å². The van der Waals surface area contributed by atoms with Gasteiger partial charge in [0.2, 0.25) is 17.6 Å². The van der Waals surface area contributed by atoms with E-state index in [0.29, 0.717) is 34.1 Å². The average Bonchev–Trinajstić information content (AvgIpc) is 2.65. The van der Waals surface area contributed by atoms with E-state index in [2.05, 4.69) is 5.32 Å². The summed E-state index contributed by atoms with van der Waals surface area (Å²) < 4.78 is 15.8. The van der Waals surface area contributed by atoms with Crippen molar-refractivity contribution in [3.8, 4) is 17.2 Å². The van der Waals surface area contributed by atoms with E-state index < -0.39 is 5.91 Å². The summed E-state index contributed by atoms with van der Waals surface area (Å²) in [5, 5.41) is 2.69. The zero-order chi connectivity index (χ0) is 19.1. The summed E-state index contributed by atoms with van der Waals surface area (Å²) in [4.78, 5) is 23.1. The number of hydrogen-bond acceptors (Lipinski definition) is 5. The van der Waals surface area contributed by atoms with Crippen molar-refractivity contribution < 1.29 is 23.8 Å². The molecule has 2 amide bonds. The number of carbonyl (C=O) groups excluding carboxylic acids is 2.